The number of nitrogens with two attached hydrogens (primary N) is 1. The van der Waals surface area contributed by atoms with Crippen LogP contribution < -0.4 is 5.73 Å². The number of Topliss-reactive ketones (excluding diaryl/α,β-unsaturated/α-hetero) is 1. The Morgan fingerprint density at radius 1 is 1.03 bits per heavy atom. The standard InChI is InChI=1S/C25H30N6O.2C2H6/c1-15-27-24-20(12-23(26)30-25(24)28-15)22-11-18-10-17(7-9-21(18)29-22)14-31(2)13-16-4-3-5-19(32)8-6-16;2*1-2/h7,9-12,16,29H,3-6,8,13-14H2,1-2H3,(H3,26,27,28,30);2*1-2H3. The highest BCUT2D eigenvalue weighted by Crippen LogP contribution is 2.31. The molecule has 5 rings (SSSR count). The maximum atomic E-state index is 11.7. The second-order valence-electron chi connectivity index (χ2n) is 9.25. The highest BCUT2D eigenvalue weighted by molar-refractivity contribution is 5.95. The molecule has 3 heterocycles. The second-order valence-corrected chi connectivity index (χ2v) is 9.25. The first kappa shape index (κ1) is 27.4. The van der Waals surface area contributed by atoms with Gasteiger partial charge >= 0.3 is 0 Å². The molecule has 1 saturated carbocycles. The minimum Gasteiger partial charge on any atom is -0.384 e. The van der Waals surface area contributed by atoms with E-state index in [2.05, 4.69) is 56.1 Å². The number of aromatic amines is 2. The van der Waals surface area contributed by atoms with Crippen LogP contribution in [0.3, 0.4) is 0 Å². The molecule has 194 valence electrons. The van der Waals surface area contributed by atoms with Crippen LogP contribution in [0.1, 0.15) is 71.2 Å². The first-order valence-corrected chi connectivity index (χ1v) is 13.4. The third-order valence-corrected chi connectivity index (χ3v) is 6.50. The zero-order valence-corrected chi connectivity index (χ0v) is 22.7. The van der Waals surface area contributed by atoms with E-state index in [4.69, 9.17) is 5.73 Å². The first-order chi connectivity index (χ1) is 17.4. The van der Waals surface area contributed by atoms with E-state index in [-0.39, 0.29) is 0 Å². The molecule has 7 heteroatoms. The lowest BCUT2D eigenvalue weighted by molar-refractivity contribution is -0.118. The van der Waals surface area contributed by atoms with Crippen LogP contribution in [0.25, 0.3) is 33.3 Å². The van der Waals surface area contributed by atoms with Gasteiger partial charge in [0.25, 0.3) is 0 Å². The van der Waals surface area contributed by atoms with Crippen LogP contribution >= 0.6 is 0 Å². The number of nitrogens with one attached hydrogen (secondary N) is 2. The van der Waals surface area contributed by atoms with Crippen molar-refractivity contribution in [1.29, 1.82) is 0 Å². The number of hydrogen-bond acceptors (Lipinski definition) is 5. The van der Waals surface area contributed by atoms with Crippen LogP contribution in [0, 0.1) is 12.8 Å². The van der Waals surface area contributed by atoms with Gasteiger partial charge in [-0.05, 0) is 69.0 Å². The molecule has 1 atom stereocenters. The van der Waals surface area contributed by atoms with Crippen LogP contribution in [0.15, 0.2) is 30.3 Å². The third-order valence-electron chi connectivity index (χ3n) is 6.50. The van der Waals surface area contributed by atoms with Crippen LogP contribution in [0.5, 0.6) is 0 Å². The zero-order valence-electron chi connectivity index (χ0n) is 22.7. The Morgan fingerprint density at radius 2 is 1.81 bits per heavy atom. The van der Waals surface area contributed by atoms with Crippen molar-refractivity contribution >= 4 is 33.7 Å². The lowest BCUT2D eigenvalue weighted by atomic mass is 9.99. The van der Waals surface area contributed by atoms with Crippen LogP contribution in [0.2, 0.25) is 0 Å². The molecule has 1 aliphatic carbocycles. The Kier molecular flexibility index (Phi) is 9.65. The van der Waals surface area contributed by atoms with Gasteiger partial charge in [-0.2, -0.15) is 0 Å². The van der Waals surface area contributed by atoms with Crippen molar-refractivity contribution in [3.63, 3.8) is 0 Å². The molecule has 0 spiro atoms. The van der Waals surface area contributed by atoms with Crippen molar-refractivity contribution in [2.45, 2.75) is 73.3 Å². The average molecular weight is 491 g/mol. The fourth-order valence-electron chi connectivity index (χ4n) is 4.98. The van der Waals surface area contributed by atoms with Crippen molar-refractivity contribution in [1.82, 2.24) is 24.8 Å². The molecule has 4 N–H and O–H groups in total. The molecule has 1 aromatic carbocycles. The largest absolute Gasteiger partial charge is 0.384 e. The number of nitrogens with zero attached hydrogens (tertiary/aromatic N) is 3. The number of imidazole rings is 1. The van der Waals surface area contributed by atoms with Crippen molar-refractivity contribution in [3.8, 4) is 11.3 Å². The summed E-state index contributed by atoms with van der Waals surface area (Å²) in [6.07, 6.45) is 4.74. The zero-order chi connectivity index (χ0) is 26.2. The van der Waals surface area contributed by atoms with Gasteiger partial charge in [0.2, 0.25) is 0 Å². The van der Waals surface area contributed by atoms with E-state index in [1.54, 1.807) is 0 Å². The summed E-state index contributed by atoms with van der Waals surface area (Å²) in [4.78, 5) is 29.7. The molecule has 36 heavy (non-hydrogen) atoms. The number of rotatable bonds is 5. The highest BCUT2D eigenvalue weighted by atomic mass is 16.1. The fraction of sp³-hybridized carbons (Fsp3) is 0.483. The van der Waals surface area contributed by atoms with Crippen molar-refractivity contribution in [3.05, 3.63) is 41.7 Å². The van der Waals surface area contributed by atoms with Gasteiger partial charge in [0.05, 0.1) is 5.52 Å². The summed E-state index contributed by atoms with van der Waals surface area (Å²) in [7, 11) is 2.18. The predicted molar refractivity (Wildman–Crippen MR) is 151 cm³/mol. The van der Waals surface area contributed by atoms with E-state index in [1.165, 1.54) is 10.9 Å². The first-order valence-electron chi connectivity index (χ1n) is 13.4. The molecular weight excluding hydrogens is 448 g/mol. The number of H-pyrrole nitrogens is 2. The van der Waals surface area contributed by atoms with E-state index < -0.39 is 0 Å². The number of aryl methyl sites for hydroxylation is 1. The summed E-state index contributed by atoms with van der Waals surface area (Å²) in [5.41, 5.74) is 11.9. The molecule has 4 aromatic rings. The number of nitrogen functional groups attached to an aromatic ring is 1. The SMILES string of the molecule is CC.CC.Cc1nc2nc(N)cc(-c3cc4cc(CN(C)CC5CCCC(=O)CC5)ccc4[nH]3)c2[nH]1. The minimum absolute atomic E-state index is 0.433. The van der Waals surface area contributed by atoms with Crippen LogP contribution in [-0.2, 0) is 11.3 Å². The molecule has 0 amide bonds. The quantitative estimate of drug-likeness (QED) is 0.272. The monoisotopic (exact) mass is 490 g/mol. The average Bonchev–Trinajstić information content (AvgIpc) is 3.40. The molecule has 0 saturated heterocycles. The molecule has 1 fully saturated rings. The maximum absolute atomic E-state index is 11.7. The number of hydrogen-bond donors (Lipinski definition) is 3. The number of carbonyl (C=O) groups excluding carboxylic acids is 1. The van der Waals surface area contributed by atoms with Gasteiger partial charge in [-0.1, -0.05) is 33.8 Å². The van der Waals surface area contributed by atoms with Gasteiger partial charge in [0.1, 0.15) is 17.4 Å². The number of benzene rings is 1. The maximum Gasteiger partial charge on any atom is 0.180 e. The van der Waals surface area contributed by atoms with Gasteiger partial charge < -0.3 is 20.6 Å². The molecule has 1 aliphatic rings. The Morgan fingerprint density at radius 3 is 2.58 bits per heavy atom. The van der Waals surface area contributed by atoms with E-state index in [9.17, 15) is 4.79 Å². The summed E-state index contributed by atoms with van der Waals surface area (Å²) in [5, 5.41) is 1.17. The van der Waals surface area contributed by atoms with Gasteiger partial charge in [-0.3, -0.25) is 4.79 Å². The molecule has 3 aromatic heterocycles. The number of aromatic nitrogens is 4. The lowest BCUT2D eigenvalue weighted by Gasteiger charge is -2.23. The van der Waals surface area contributed by atoms with E-state index in [0.29, 0.717) is 23.2 Å². The number of fused-ring (bicyclic) bond motifs is 2. The molecule has 0 radical (unpaired) electrons. The van der Waals surface area contributed by atoms with Gasteiger partial charge in [-0.15, -0.1) is 0 Å². The number of carbonyl (C=O) groups is 1. The molecular formula is C29H42N6O. The highest BCUT2D eigenvalue weighted by Gasteiger charge is 2.18. The van der Waals surface area contributed by atoms with Crippen molar-refractivity contribution < 1.29 is 4.79 Å². The van der Waals surface area contributed by atoms with Crippen LogP contribution in [-0.4, -0.2) is 44.2 Å². The fourth-order valence-corrected chi connectivity index (χ4v) is 4.98. The van der Waals surface area contributed by atoms with E-state index in [0.717, 1.165) is 73.3 Å². The van der Waals surface area contributed by atoms with Crippen molar-refractivity contribution in [2.24, 2.45) is 5.92 Å². The van der Waals surface area contributed by atoms with Crippen molar-refractivity contribution in [2.75, 3.05) is 19.3 Å². The Balaban J connectivity index is 0.000000861. The van der Waals surface area contributed by atoms with E-state index in [1.807, 2.05) is 40.7 Å². The summed E-state index contributed by atoms with van der Waals surface area (Å²) in [6, 6.07) is 10.6. The normalized spacial score (nSPS) is 15.9. The summed E-state index contributed by atoms with van der Waals surface area (Å²) in [5.74, 6) is 2.33. The Bertz CT molecular complexity index is 1290. The minimum atomic E-state index is 0.433. The van der Waals surface area contributed by atoms with Gasteiger partial charge in [-0.25, -0.2) is 9.97 Å². The van der Waals surface area contributed by atoms with E-state index >= 15 is 0 Å². The van der Waals surface area contributed by atoms with Gasteiger partial charge in [0.15, 0.2) is 5.65 Å². The number of pyridine rings is 1. The number of anilines is 1. The van der Waals surface area contributed by atoms with Crippen LogP contribution in [0.4, 0.5) is 5.82 Å². The Hall–Kier alpha value is -3.19. The smallest absolute Gasteiger partial charge is 0.180 e. The van der Waals surface area contributed by atoms with Gasteiger partial charge in [0, 0.05) is 48.1 Å². The molecule has 0 bridgehead atoms. The summed E-state index contributed by atoms with van der Waals surface area (Å²) < 4.78 is 0. The molecule has 7 nitrogen and oxygen atoms in total. The third kappa shape index (κ3) is 6.52. The number of ketones is 1. The molecule has 0 aliphatic heterocycles. The predicted octanol–water partition coefficient (Wildman–Crippen LogP) is 6.63. The molecule has 1 unspecified atom stereocenters. The lowest BCUT2D eigenvalue weighted by Crippen LogP contribution is -2.25. The second kappa shape index (κ2) is 12.7. The summed E-state index contributed by atoms with van der Waals surface area (Å²) >= 11 is 0. The topological polar surface area (TPSA) is 104 Å². The summed E-state index contributed by atoms with van der Waals surface area (Å²) in [6.45, 7) is 11.9. The Labute approximate surface area is 214 Å².